The summed E-state index contributed by atoms with van der Waals surface area (Å²) in [4.78, 5) is 27.4. The molecule has 3 heterocycles. The highest BCUT2D eigenvalue weighted by Gasteiger charge is 2.38. The number of piperidine rings is 1. The van der Waals surface area contributed by atoms with E-state index in [2.05, 4.69) is 17.3 Å². The van der Waals surface area contributed by atoms with Crippen LogP contribution in [0.1, 0.15) is 55.3 Å². The minimum absolute atomic E-state index is 0.0770. The number of aromatic nitrogens is 2. The predicted octanol–water partition coefficient (Wildman–Crippen LogP) is 3.33. The van der Waals surface area contributed by atoms with Crippen molar-refractivity contribution in [3.63, 3.8) is 0 Å². The number of carbonyl (C=O) groups excluding carboxylic acids is 1. The average Bonchev–Trinajstić information content (AvgIpc) is 2.77. The third kappa shape index (κ3) is 4.15. The normalized spacial score (nSPS) is 19.8. The Kier molecular flexibility index (Phi) is 5.97. The topological polar surface area (TPSA) is 61.4 Å². The summed E-state index contributed by atoms with van der Waals surface area (Å²) in [7, 11) is 4.02. The molecule has 0 spiro atoms. The maximum absolute atomic E-state index is 14.4. The van der Waals surface area contributed by atoms with Crippen LogP contribution in [0.5, 0.6) is 0 Å². The SMILES string of the molecule is CNc1nc([C@@H]2CCCN(C)C2)nc2c1CCN(C(=O)C(C)(C)c1ccccc1F)C2. The van der Waals surface area contributed by atoms with Crippen molar-refractivity contribution in [1.29, 1.82) is 0 Å². The number of hydrogen-bond donors (Lipinski definition) is 1. The Morgan fingerprint density at radius 2 is 2.00 bits per heavy atom. The van der Waals surface area contributed by atoms with E-state index in [0.29, 0.717) is 31.0 Å². The van der Waals surface area contributed by atoms with E-state index < -0.39 is 5.41 Å². The largest absolute Gasteiger partial charge is 0.373 e. The Bertz CT molecular complexity index is 976. The molecule has 1 N–H and O–H groups in total. The van der Waals surface area contributed by atoms with E-state index in [9.17, 15) is 9.18 Å². The third-order valence-electron chi connectivity index (χ3n) is 6.68. The quantitative estimate of drug-likeness (QED) is 0.814. The number of nitrogens with zero attached hydrogens (tertiary/aromatic N) is 4. The summed E-state index contributed by atoms with van der Waals surface area (Å²) in [6.07, 6.45) is 2.91. The monoisotopic (exact) mass is 425 g/mol. The maximum atomic E-state index is 14.4. The summed E-state index contributed by atoms with van der Waals surface area (Å²) in [5.74, 6) is 1.61. The van der Waals surface area contributed by atoms with Crippen LogP contribution in [0.2, 0.25) is 0 Å². The minimum Gasteiger partial charge on any atom is -0.373 e. The molecule has 4 rings (SSSR count). The molecule has 0 radical (unpaired) electrons. The van der Waals surface area contributed by atoms with Crippen molar-refractivity contribution >= 4 is 11.7 Å². The Morgan fingerprint density at radius 3 is 2.71 bits per heavy atom. The molecule has 166 valence electrons. The molecule has 2 aliphatic heterocycles. The van der Waals surface area contributed by atoms with Crippen molar-refractivity contribution in [3.8, 4) is 0 Å². The van der Waals surface area contributed by atoms with E-state index in [4.69, 9.17) is 9.97 Å². The summed E-state index contributed by atoms with van der Waals surface area (Å²) in [5.41, 5.74) is 1.47. The fourth-order valence-electron chi connectivity index (χ4n) is 4.87. The van der Waals surface area contributed by atoms with Gasteiger partial charge in [0.15, 0.2) is 0 Å². The summed E-state index contributed by atoms with van der Waals surface area (Å²) in [6.45, 7) is 6.65. The first-order chi connectivity index (χ1) is 14.8. The van der Waals surface area contributed by atoms with E-state index >= 15 is 0 Å². The number of carbonyl (C=O) groups is 1. The number of likely N-dealkylation sites (N-methyl/N-ethyl adjacent to an activating group) is 1. The lowest BCUT2D eigenvalue weighted by Gasteiger charge is -2.36. The molecule has 0 unspecified atom stereocenters. The van der Waals surface area contributed by atoms with Crippen molar-refractivity contribution in [2.75, 3.05) is 39.0 Å². The van der Waals surface area contributed by atoms with E-state index in [1.54, 1.807) is 32.0 Å². The van der Waals surface area contributed by atoms with Gasteiger partial charge in [0.25, 0.3) is 0 Å². The second-order valence-electron chi connectivity index (χ2n) is 9.29. The van der Waals surface area contributed by atoms with Crippen LogP contribution in [0, 0.1) is 5.82 Å². The summed E-state index contributed by atoms with van der Waals surface area (Å²) < 4.78 is 14.4. The molecular formula is C24H32FN5O. The van der Waals surface area contributed by atoms with Gasteiger partial charge >= 0.3 is 0 Å². The Balaban J connectivity index is 1.62. The number of halogens is 1. The van der Waals surface area contributed by atoms with Gasteiger partial charge in [0, 0.05) is 37.2 Å². The molecule has 6 nitrogen and oxygen atoms in total. The fourth-order valence-corrected chi connectivity index (χ4v) is 4.87. The molecule has 7 heteroatoms. The summed E-state index contributed by atoms with van der Waals surface area (Å²) in [5, 5.41) is 3.24. The van der Waals surface area contributed by atoms with Gasteiger partial charge in [-0.1, -0.05) is 18.2 Å². The number of rotatable bonds is 4. The minimum atomic E-state index is -0.948. The second kappa shape index (κ2) is 8.54. The van der Waals surface area contributed by atoms with Crippen molar-refractivity contribution in [1.82, 2.24) is 19.8 Å². The fraction of sp³-hybridized carbons (Fsp3) is 0.542. The molecule has 0 aliphatic carbocycles. The van der Waals surface area contributed by atoms with Crippen LogP contribution in [0.25, 0.3) is 0 Å². The van der Waals surface area contributed by atoms with Gasteiger partial charge in [-0.15, -0.1) is 0 Å². The molecule has 2 aliphatic rings. The predicted molar refractivity (Wildman–Crippen MR) is 120 cm³/mol. The Hall–Kier alpha value is -2.54. The van der Waals surface area contributed by atoms with Crippen molar-refractivity contribution < 1.29 is 9.18 Å². The van der Waals surface area contributed by atoms with E-state index in [0.717, 1.165) is 48.8 Å². The molecule has 0 saturated carbocycles. The van der Waals surface area contributed by atoms with Crippen LogP contribution in [-0.2, 0) is 23.2 Å². The highest BCUT2D eigenvalue weighted by atomic mass is 19.1. The molecule has 31 heavy (non-hydrogen) atoms. The van der Waals surface area contributed by atoms with Gasteiger partial charge in [-0.25, -0.2) is 14.4 Å². The zero-order valence-corrected chi connectivity index (χ0v) is 18.9. The first kappa shape index (κ1) is 21.7. The average molecular weight is 426 g/mol. The number of likely N-dealkylation sites (tertiary alicyclic amines) is 1. The van der Waals surface area contributed by atoms with Gasteiger partial charge < -0.3 is 15.1 Å². The first-order valence-corrected chi connectivity index (χ1v) is 11.1. The van der Waals surface area contributed by atoms with Crippen molar-refractivity contribution in [2.24, 2.45) is 0 Å². The zero-order chi connectivity index (χ0) is 22.2. The number of nitrogens with one attached hydrogen (secondary N) is 1. The smallest absolute Gasteiger partial charge is 0.233 e. The van der Waals surface area contributed by atoms with Gasteiger partial charge in [-0.05, 0) is 52.8 Å². The highest BCUT2D eigenvalue weighted by Crippen LogP contribution is 2.33. The van der Waals surface area contributed by atoms with Crippen LogP contribution in [-0.4, -0.2) is 59.4 Å². The summed E-state index contributed by atoms with van der Waals surface area (Å²) >= 11 is 0. The Labute approximate surface area is 183 Å². The number of amides is 1. The molecule has 0 bridgehead atoms. The molecule has 1 saturated heterocycles. The number of anilines is 1. The standard InChI is InChI=1S/C24H32FN5O/c1-24(2,18-9-5-6-10-19(18)25)23(31)30-13-11-17-20(15-30)27-21(28-22(17)26-3)16-8-7-12-29(4)14-16/h5-6,9-10,16H,7-8,11-15H2,1-4H3,(H,26,27,28)/t16-/m1/s1. The molecule has 1 aromatic carbocycles. The Morgan fingerprint density at radius 1 is 1.23 bits per heavy atom. The molecule has 1 fully saturated rings. The van der Waals surface area contributed by atoms with Gasteiger partial charge in [-0.3, -0.25) is 4.79 Å². The second-order valence-corrected chi connectivity index (χ2v) is 9.29. The van der Waals surface area contributed by atoms with E-state index in [1.807, 2.05) is 11.9 Å². The van der Waals surface area contributed by atoms with Crippen LogP contribution in [0.3, 0.4) is 0 Å². The molecular weight excluding hydrogens is 393 g/mol. The number of hydrogen-bond acceptors (Lipinski definition) is 5. The first-order valence-electron chi connectivity index (χ1n) is 11.1. The lowest BCUT2D eigenvalue weighted by molar-refractivity contribution is -0.137. The van der Waals surface area contributed by atoms with Gasteiger partial charge in [0.1, 0.15) is 17.5 Å². The molecule has 1 aromatic heterocycles. The summed E-state index contributed by atoms with van der Waals surface area (Å²) in [6, 6.07) is 6.54. The van der Waals surface area contributed by atoms with Crippen LogP contribution >= 0.6 is 0 Å². The molecule has 1 atom stereocenters. The number of benzene rings is 1. The number of fused-ring (bicyclic) bond motifs is 1. The molecule has 1 amide bonds. The van der Waals surface area contributed by atoms with Gasteiger partial charge in [-0.2, -0.15) is 0 Å². The van der Waals surface area contributed by atoms with Crippen molar-refractivity contribution in [3.05, 3.63) is 52.7 Å². The van der Waals surface area contributed by atoms with Crippen LogP contribution in [0.4, 0.5) is 10.2 Å². The zero-order valence-electron chi connectivity index (χ0n) is 18.9. The van der Waals surface area contributed by atoms with Gasteiger partial charge in [0.2, 0.25) is 5.91 Å². The van der Waals surface area contributed by atoms with E-state index in [1.165, 1.54) is 6.07 Å². The highest BCUT2D eigenvalue weighted by molar-refractivity contribution is 5.87. The lowest BCUT2D eigenvalue weighted by Crippen LogP contribution is -2.46. The van der Waals surface area contributed by atoms with Crippen LogP contribution < -0.4 is 5.32 Å². The molecule has 2 aromatic rings. The van der Waals surface area contributed by atoms with Crippen molar-refractivity contribution in [2.45, 2.75) is 51.0 Å². The van der Waals surface area contributed by atoms with Crippen LogP contribution in [0.15, 0.2) is 24.3 Å². The lowest BCUT2D eigenvalue weighted by atomic mass is 9.82. The van der Waals surface area contributed by atoms with Gasteiger partial charge in [0.05, 0.1) is 17.7 Å². The maximum Gasteiger partial charge on any atom is 0.233 e. The van der Waals surface area contributed by atoms with E-state index in [-0.39, 0.29) is 11.7 Å². The third-order valence-corrected chi connectivity index (χ3v) is 6.68.